The first-order valence-electron chi connectivity index (χ1n) is 6.68. The Hall–Kier alpha value is -1.93. The van der Waals surface area contributed by atoms with Crippen molar-refractivity contribution in [3.05, 3.63) is 41.5 Å². The van der Waals surface area contributed by atoms with Crippen molar-refractivity contribution in [3.8, 4) is 0 Å². The van der Waals surface area contributed by atoms with Crippen molar-refractivity contribution in [1.29, 1.82) is 0 Å². The van der Waals surface area contributed by atoms with Gasteiger partial charge in [-0.2, -0.15) is 5.10 Å². The highest BCUT2D eigenvalue weighted by Crippen LogP contribution is 2.27. The molecule has 0 aliphatic carbocycles. The molecule has 22 heavy (non-hydrogen) atoms. The first kappa shape index (κ1) is 16.4. The Morgan fingerprint density at radius 1 is 1.36 bits per heavy atom. The normalized spacial score (nSPS) is 11.7. The molecule has 1 heterocycles. The molecule has 1 N–H and O–H groups in total. The molecule has 0 amide bonds. The zero-order valence-corrected chi connectivity index (χ0v) is 13.4. The highest BCUT2D eigenvalue weighted by Gasteiger charge is 2.30. The Morgan fingerprint density at radius 2 is 2.05 bits per heavy atom. The number of aliphatic hydroxyl groups is 1. The number of benzene rings is 1. The molecule has 2 rings (SSSR count). The van der Waals surface area contributed by atoms with Crippen molar-refractivity contribution in [2.24, 2.45) is 7.05 Å². The minimum Gasteiger partial charge on any atom is -0.394 e. The number of halogens is 1. The Kier molecular flexibility index (Phi) is 4.52. The topological polar surface area (TPSA) is 75.4 Å². The molecule has 0 unspecified atom stereocenters. The summed E-state index contributed by atoms with van der Waals surface area (Å²) in [6.45, 7) is 2.70. The number of hydrogen-bond donors (Lipinski definition) is 1. The van der Waals surface area contributed by atoms with E-state index in [9.17, 15) is 17.9 Å². The second kappa shape index (κ2) is 6.05. The molecule has 0 fully saturated rings. The molecule has 0 atom stereocenters. The number of rotatable bonds is 5. The van der Waals surface area contributed by atoms with Gasteiger partial charge in [0, 0.05) is 7.05 Å². The highest BCUT2D eigenvalue weighted by molar-refractivity contribution is 7.93. The van der Waals surface area contributed by atoms with Crippen LogP contribution in [0.15, 0.2) is 29.2 Å². The van der Waals surface area contributed by atoms with Gasteiger partial charge >= 0.3 is 0 Å². The smallest absolute Gasteiger partial charge is 0.268 e. The minimum atomic E-state index is -3.95. The van der Waals surface area contributed by atoms with Crippen LogP contribution in [-0.4, -0.2) is 36.5 Å². The van der Waals surface area contributed by atoms with Crippen molar-refractivity contribution < 1.29 is 17.9 Å². The van der Waals surface area contributed by atoms with E-state index in [1.165, 1.54) is 22.9 Å². The van der Waals surface area contributed by atoms with Crippen LogP contribution < -0.4 is 4.31 Å². The van der Waals surface area contributed by atoms with Gasteiger partial charge in [-0.15, -0.1) is 0 Å². The summed E-state index contributed by atoms with van der Waals surface area (Å²) in [4.78, 5) is 0.0766. The van der Waals surface area contributed by atoms with E-state index >= 15 is 0 Å². The molecule has 0 spiro atoms. The van der Waals surface area contributed by atoms with E-state index < -0.39 is 15.8 Å². The second-order valence-corrected chi connectivity index (χ2v) is 6.70. The van der Waals surface area contributed by atoms with Crippen LogP contribution >= 0.6 is 0 Å². The third-order valence-electron chi connectivity index (χ3n) is 3.39. The lowest BCUT2D eigenvalue weighted by molar-refractivity contribution is 0.306. The highest BCUT2D eigenvalue weighted by atomic mass is 32.2. The molecule has 2 aromatic rings. The summed E-state index contributed by atoms with van der Waals surface area (Å²) in [6, 6.07) is 5.26. The first-order chi connectivity index (χ1) is 10.3. The van der Waals surface area contributed by atoms with E-state index in [1.807, 2.05) is 0 Å². The van der Waals surface area contributed by atoms with Crippen LogP contribution in [-0.2, 0) is 17.1 Å². The predicted octanol–water partition coefficient (Wildman–Crippen LogP) is 1.36. The Bertz CT molecular complexity index is 787. The van der Waals surface area contributed by atoms with Crippen molar-refractivity contribution in [3.63, 3.8) is 0 Å². The van der Waals surface area contributed by atoms with Crippen molar-refractivity contribution >= 4 is 15.7 Å². The first-order valence-corrected chi connectivity index (χ1v) is 8.12. The fourth-order valence-corrected chi connectivity index (χ4v) is 4.20. The number of nitrogens with zero attached hydrogens (tertiary/aromatic N) is 3. The van der Waals surface area contributed by atoms with Crippen LogP contribution in [0.3, 0.4) is 0 Å². The van der Waals surface area contributed by atoms with Crippen molar-refractivity contribution in [2.45, 2.75) is 18.7 Å². The van der Waals surface area contributed by atoms with Crippen molar-refractivity contribution in [2.75, 3.05) is 17.5 Å². The van der Waals surface area contributed by atoms with Gasteiger partial charge in [0.05, 0.1) is 30.2 Å². The van der Waals surface area contributed by atoms with Crippen LogP contribution in [0.25, 0.3) is 0 Å². The van der Waals surface area contributed by atoms with E-state index in [-0.39, 0.29) is 23.7 Å². The van der Waals surface area contributed by atoms with E-state index in [0.29, 0.717) is 11.4 Å². The maximum atomic E-state index is 13.4. The van der Waals surface area contributed by atoms with Gasteiger partial charge in [-0.1, -0.05) is 6.07 Å². The summed E-state index contributed by atoms with van der Waals surface area (Å²) in [5, 5.41) is 13.3. The monoisotopic (exact) mass is 327 g/mol. The van der Waals surface area contributed by atoms with E-state index in [0.717, 1.165) is 10.4 Å². The summed E-state index contributed by atoms with van der Waals surface area (Å²) in [5.41, 5.74) is 1.01. The summed E-state index contributed by atoms with van der Waals surface area (Å²) in [6.07, 6.45) is 0. The second-order valence-electron chi connectivity index (χ2n) is 4.90. The summed E-state index contributed by atoms with van der Waals surface area (Å²) >= 11 is 0. The number of anilines is 1. The predicted molar refractivity (Wildman–Crippen MR) is 80.7 cm³/mol. The molecule has 0 saturated heterocycles. The number of aliphatic hydroxyl groups excluding tert-OH is 1. The van der Waals surface area contributed by atoms with Gasteiger partial charge in [0.1, 0.15) is 10.7 Å². The lowest BCUT2D eigenvalue weighted by Crippen LogP contribution is -2.34. The Balaban J connectivity index is 2.61. The van der Waals surface area contributed by atoms with E-state index in [1.54, 1.807) is 20.9 Å². The molecule has 0 aliphatic heterocycles. The van der Waals surface area contributed by atoms with Gasteiger partial charge < -0.3 is 5.11 Å². The average Bonchev–Trinajstić information content (AvgIpc) is 2.69. The number of aryl methyl sites for hydroxylation is 2. The van der Waals surface area contributed by atoms with Crippen LogP contribution in [0.4, 0.5) is 10.1 Å². The van der Waals surface area contributed by atoms with E-state index in [2.05, 4.69) is 5.10 Å². The zero-order valence-electron chi connectivity index (χ0n) is 12.6. The molecular formula is C14H18FN3O3S. The molecule has 0 aliphatic rings. The molecule has 6 nitrogen and oxygen atoms in total. The average molecular weight is 327 g/mol. The standard InChI is InChI=1S/C14H18FN3O3S/c1-10-14(11(2)17(3)16-10)22(20,21)18(7-8-19)13-6-4-5-12(15)9-13/h4-6,9,19H,7-8H2,1-3H3. The minimum absolute atomic E-state index is 0.0766. The fraction of sp³-hybridized carbons (Fsp3) is 0.357. The van der Waals surface area contributed by atoms with Crippen LogP contribution in [0.2, 0.25) is 0 Å². The summed E-state index contributed by atoms with van der Waals surface area (Å²) < 4.78 is 41.7. The van der Waals surface area contributed by atoms with E-state index in [4.69, 9.17) is 0 Å². The molecule has 0 bridgehead atoms. The third-order valence-corrected chi connectivity index (χ3v) is 5.47. The zero-order chi connectivity index (χ0) is 16.5. The fourth-order valence-electron chi connectivity index (χ4n) is 2.35. The SMILES string of the molecule is Cc1nn(C)c(C)c1S(=O)(=O)N(CCO)c1cccc(F)c1. The quantitative estimate of drug-likeness (QED) is 0.900. The maximum absolute atomic E-state index is 13.4. The molecule has 0 radical (unpaired) electrons. The lowest BCUT2D eigenvalue weighted by atomic mass is 10.3. The van der Waals surface area contributed by atoms with Crippen LogP contribution in [0.5, 0.6) is 0 Å². The molecule has 0 saturated carbocycles. The number of sulfonamides is 1. The summed E-state index contributed by atoms with van der Waals surface area (Å²) in [5.74, 6) is -0.546. The largest absolute Gasteiger partial charge is 0.394 e. The van der Waals surface area contributed by atoms with Crippen LogP contribution in [0, 0.1) is 19.7 Å². The van der Waals surface area contributed by atoms with Gasteiger partial charge in [0.2, 0.25) is 0 Å². The molecule has 8 heteroatoms. The molecular weight excluding hydrogens is 309 g/mol. The molecule has 1 aromatic heterocycles. The van der Waals surface area contributed by atoms with Gasteiger partial charge in [0.25, 0.3) is 10.0 Å². The number of hydrogen-bond acceptors (Lipinski definition) is 4. The molecule has 120 valence electrons. The maximum Gasteiger partial charge on any atom is 0.268 e. The van der Waals surface area contributed by atoms with Gasteiger partial charge in [-0.3, -0.25) is 8.99 Å². The van der Waals surface area contributed by atoms with Gasteiger partial charge in [0.15, 0.2) is 0 Å². The van der Waals surface area contributed by atoms with Crippen molar-refractivity contribution in [1.82, 2.24) is 9.78 Å². The van der Waals surface area contributed by atoms with Gasteiger partial charge in [-0.25, -0.2) is 12.8 Å². The lowest BCUT2D eigenvalue weighted by Gasteiger charge is -2.23. The number of aromatic nitrogens is 2. The summed E-state index contributed by atoms with van der Waals surface area (Å²) in [7, 11) is -2.30. The van der Waals surface area contributed by atoms with Crippen LogP contribution in [0.1, 0.15) is 11.4 Å². The Morgan fingerprint density at radius 3 is 2.55 bits per heavy atom. The van der Waals surface area contributed by atoms with Gasteiger partial charge in [-0.05, 0) is 32.0 Å². The Labute approximate surface area is 128 Å². The molecule has 1 aromatic carbocycles. The third kappa shape index (κ3) is 2.84.